The van der Waals surface area contributed by atoms with Gasteiger partial charge in [-0.15, -0.1) is 0 Å². The Morgan fingerprint density at radius 3 is 2.70 bits per heavy atom. The van der Waals surface area contributed by atoms with Gasteiger partial charge in [0.05, 0.1) is 22.6 Å². The Hall–Kier alpha value is -3.85. The third-order valence-electron chi connectivity index (χ3n) is 4.41. The summed E-state index contributed by atoms with van der Waals surface area (Å²) < 4.78 is 4.93. The van der Waals surface area contributed by atoms with Crippen LogP contribution in [0.5, 0.6) is 11.5 Å². The van der Waals surface area contributed by atoms with Crippen LogP contribution in [-0.2, 0) is 4.79 Å². The van der Waals surface area contributed by atoms with E-state index >= 15 is 0 Å². The molecule has 150 valence electrons. The number of nitrogens with one attached hydrogen (secondary N) is 1. The van der Waals surface area contributed by atoms with E-state index in [0.717, 1.165) is 28.6 Å². The summed E-state index contributed by atoms with van der Waals surface area (Å²) >= 11 is 1.11. The highest BCUT2D eigenvalue weighted by atomic mass is 32.2. The third-order valence-corrected chi connectivity index (χ3v) is 5.32. The Labute approximate surface area is 175 Å². The molecule has 1 amide bonds. The van der Waals surface area contributed by atoms with Crippen LogP contribution in [0.25, 0.3) is 16.8 Å². The van der Waals surface area contributed by atoms with Crippen molar-refractivity contribution < 1.29 is 19.6 Å². The fraction of sp³-hybridized carbons (Fsp3) is 0.0476. The number of rotatable bonds is 4. The van der Waals surface area contributed by atoms with E-state index in [0.29, 0.717) is 21.3 Å². The molecule has 4 rings (SSSR count). The SMILES string of the molecule is COc1cc(/C=C2/SC(=Nc3cccc4ccccc34)NC2=O)cc([N+](=O)[O-])c1[O-]. The van der Waals surface area contributed by atoms with E-state index in [9.17, 15) is 20.0 Å². The number of nitrogens with zero attached hydrogens (tertiary/aromatic N) is 2. The smallest absolute Gasteiger partial charge is 0.266 e. The van der Waals surface area contributed by atoms with Crippen molar-refractivity contribution >= 4 is 51.1 Å². The van der Waals surface area contributed by atoms with E-state index < -0.39 is 16.4 Å². The molecule has 0 aliphatic carbocycles. The van der Waals surface area contributed by atoms with Gasteiger partial charge in [-0.25, -0.2) is 4.99 Å². The summed E-state index contributed by atoms with van der Waals surface area (Å²) in [7, 11) is 1.25. The van der Waals surface area contributed by atoms with Crippen molar-refractivity contribution in [3.8, 4) is 11.5 Å². The second-order valence-corrected chi connectivity index (χ2v) is 7.34. The Balaban J connectivity index is 1.69. The largest absolute Gasteiger partial charge is 0.865 e. The van der Waals surface area contributed by atoms with Crippen LogP contribution in [0.3, 0.4) is 0 Å². The van der Waals surface area contributed by atoms with E-state index in [1.54, 1.807) is 0 Å². The molecular weight excluding hydrogens is 406 g/mol. The third kappa shape index (κ3) is 3.70. The van der Waals surface area contributed by atoms with Gasteiger partial charge in [-0.1, -0.05) is 36.4 Å². The molecule has 1 N–H and O–H groups in total. The highest BCUT2D eigenvalue weighted by Gasteiger charge is 2.24. The quantitative estimate of drug-likeness (QED) is 0.391. The van der Waals surface area contributed by atoms with Crippen molar-refractivity contribution in [1.29, 1.82) is 0 Å². The molecular formula is C21H14N3O5S-. The number of nitro benzene ring substituents is 1. The molecule has 0 atom stereocenters. The van der Waals surface area contributed by atoms with Gasteiger partial charge in [-0.3, -0.25) is 14.9 Å². The molecule has 3 aromatic carbocycles. The number of carbonyl (C=O) groups excluding carboxylic acids is 1. The number of thioether (sulfide) groups is 1. The van der Waals surface area contributed by atoms with E-state index in [1.165, 1.54) is 19.3 Å². The first kappa shape index (κ1) is 19.5. The first-order valence-electron chi connectivity index (χ1n) is 8.77. The van der Waals surface area contributed by atoms with Gasteiger partial charge in [0.2, 0.25) is 0 Å². The Bertz CT molecular complexity index is 1250. The fourth-order valence-electron chi connectivity index (χ4n) is 3.03. The molecule has 9 heteroatoms. The number of amidine groups is 1. The lowest BCUT2D eigenvalue weighted by Gasteiger charge is -2.13. The molecule has 0 unspecified atom stereocenters. The van der Waals surface area contributed by atoms with Crippen LogP contribution in [0.4, 0.5) is 11.4 Å². The summed E-state index contributed by atoms with van der Waals surface area (Å²) in [5.74, 6) is -1.36. The van der Waals surface area contributed by atoms with E-state index in [4.69, 9.17) is 4.74 Å². The molecule has 0 radical (unpaired) electrons. The zero-order valence-corrected chi connectivity index (χ0v) is 16.4. The van der Waals surface area contributed by atoms with Crippen LogP contribution < -0.4 is 15.2 Å². The lowest BCUT2D eigenvalue weighted by Crippen LogP contribution is -2.19. The summed E-state index contributed by atoms with van der Waals surface area (Å²) in [6.45, 7) is 0. The number of aliphatic imine (C=N–C) groups is 1. The molecule has 0 aromatic heterocycles. The van der Waals surface area contributed by atoms with Crippen LogP contribution in [0.1, 0.15) is 5.56 Å². The van der Waals surface area contributed by atoms with Gasteiger partial charge in [0, 0.05) is 17.2 Å². The van der Waals surface area contributed by atoms with Crippen molar-refractivity contribution in [3.05, 3.63) is 75.2 Å². The monoisotopic (exact) mass is 420 g/mol. The zero-order valence-electron chi connectivity index (χ0n) is 15.6. The van der Waals surface area contributed by atoms with Crippen LogP contribution >= 0.6 is 11.8 Å². The van der Waals surface area contributed by atoms with Crippen LogP contribution in [-0.4, -0.2) is 23.1 Å². The topological polar surface area (TPSA) is 117 Å². The first-order chi connectivity index (χ1) is 14.5. The predicted octanol–water partition coefficient (Wildman–Crippen LogP) is 3.72. The zero-order chi connectivity index (χ0) is 21.3. The average Bonchev–Trinajstić information content (AvgIpc) is 3.07. The molecule has 3 aromatic rings. The maximum absolute atomic E-state index is 12.4. The number of carbonyl (C=O) groups is 1. The molecule has 1 fully saturated rings. The first-order valence-corrected chi connectivity index (χ1v) is 9.58. The molecule has 0 spiro atoms. The van der Waals surface area contributed by atoms with Gasteiger partial charge in [-0.05, 0) is 40.9 Å². The minimum atomic E-state index is -0.814. The number of amides is 1. The minimum Gasteiger partial charge on any atom is -0.865 e. The van der Waals surface area contributed by atoms with Crippen molar-refractivity contribution in [3.63, 3.8) is 0 Å². The van der Waals surface area contributed by atoms with Crippen LogP contribution in [0, 0.1) is 10.1 Å². The molecule has 8 nitrogen and oxygen atoms in total. The molecule has 1 aliphatic heterocycles. The maximum atomic E-state index is 12.4. The summed E-state index contributed by atoms with van der Waals surface area (Å²) in [6, 6.07) is 16.0. The van der Waals surface area contributed by atoms with Gasteiger partial charge < -0.3 is 15.2 Å². The summed E-state index contributed by atoms with van der Waals surface area (Å²) in [5, 5.41) is 28.2. The number of hydrogen-bond acceptors (Lipinski definition) is 7. The Morgan fingerprint density at radius 1 is 1.17 bits per heavy atom. The van der Waals surface area contributed by atoms with E-state index in [-0.39, 0.29) is 11.7 Å². The number of nitro groups is 1. The molecule has 1 heterocycles. The number of ether oxygens (including phenoxy) is 1. The lowest BCUT2D eigenvalue weighted by molar-refractivity contribution is -0.398. The number of benzene rings is 3. The number of methoxy groups -OCH3 is 1. The highest BCUT2D eigenvalue weighted by Crippen LogP contribution is 2.37. The predicted molar refractivity (Wildman–Crippen MR) is 114 cm³/mol. The van der Waals surface area contributed by atoms with Gasteiger partial charge in [0.25, 0.3) is 11.6 Å². The number of hydrogen-bond donors (Lipinski definition) is 1. The van der Waals surface area contributed by atoms with Crippen molar-refractivity contribution in [2.45, 2.75) is 0 Å². The summed E-state index contributed by atoms with van der Waals surface area (Å²) in [4.78, 5) is 27.6. The van der Waals surface area contributed by atoms with Crippen molar-refractivity contribution in [1.82, 2.24) is 5.32 Å². The van der Waals surface area contributed by atoms with Crippen molar-refractivity contribution in [2.24, 2.45) is 4.99 Å². The van der Waals surface area contributed by atoms with Gasteiger partial charge in [-0.2, -0.15) is 0 Å². The molecule has 0 bridgehead atoms. The number of fused-ring (bicyclic) bond motifs is 1. The normalized spacial score (nSPS) is 16.2. The molecule has 0 saturated carbocycles. The second-order valence-electron chi connectivity index (χ2n) is 6.31. The molecule has 30 heavy (non-hydrogen) atoms. The molecule has 1 aliphatic rings. The average molecular weight is 420 g/mol. The summed E-state index contributed by atoms with van der Waals surface area (Å²) in [5.41, 5.74) is 0.404. The Morgan fingerprint density at radius 2 is 1.93 bits per heavy atom. The second kappa shape index (κ2) is 7.88. The molecule has 1 saturated heterocycles. The fourth-order valence-corrected chi connectivity index (χ4v) is 3.86. The van der Waals surface area contributed by atoms with E-state index in [2.05, 4.69) is 10.3 Å². The lowest BCUT2D eigenvalue weighted by atomic mass is 10.1. The highest BCUT2D eigenvalue weighted by molar-refractivity contribution is 8.18. The van der Waals surface area contributed by atoms with Gasteiger partial charge >= 0.3 is 0 Å². The van der Waals surface area contributed by atoms with Crippen LogP contribution in [0.15, 0.2) is 64.5 Å². The minimum absolute atomic E-state index is 0.163. The Kier molecular flexibility index (Phi) is 5.11. The van der Waals surface area contributed by atoms with Gasteiger partial charge in [0.15, 0.2) is 5.17 Å². The van der Waals surface area contributed by atoms with Gasteiger partial charge in [0.1, 0.15) is 5.75 Å². The van der Waals surface area contributed by atoms with E-state index in [1.807, 2.05) is 42.5 Å². The van der Waals surface area contributed by atoms with Crippen molar-refractivity contribution in [2.75, 3.05) is 7.11 Å². The van der Waals surface area contributed by atoms with Crippen LogP contribution in [0.2, 0.25) is 0 Å². The summed E-state index contributed by atoms with van der Waals surface area (Å²) in [6.07, 6.45) is 1.46. The standard InChI is InChI=1S/C21H15N3O5S/c1-29-17-10-12(9-16(19(17)25)24(27)28)11-18-20(26)23-21(30-18)22-15-8-4-6-13-5-2-3-7-14(13)15/h2-11,25H,1H3,(H,22,23,26)/p-1/b18-11+. The maximum Gasteiger partial charge on any atom is 0.266 e.